The lowest BCUT2D eigenvalue weighted by molar-refractivity contribution is -0.146. The van der Waals surface area contributed by atoms with Gasteiger partial charge in [-0.05, 0) is 35.7 Å². The van der Waals surface area contributed by atoms with Crippen molar-refractivity contribution in [2.24, 2.45) is 0 Å². The number of amides is 1. The van der Waals surface area contributed by atoms with Crippen LogP contribution >= 0.6 is 22.7 Å². The minimum atomic E-state index is -4.71. The minimum absolute atomic E-state index is 0.0880. The maximum absolute atomic E-state index is 12.5. The van der Waals surface area contributed by atoms with Crippen LogP contribution in [0.5, 0.6) is 0 Å². The Bertz CT molecular complexity index is 1130. The maximum Gasteiger partial charge on any atom is 0.341 e. The molecule has 158 valence electrons. The lowest BCUT2D eigenvalue weighted by Crippen LogP contribution is -2.21. The SMILES string of the molecule is O=C(COC(=O)Cc1csc(-c2cccs2)n1)Nc1ccc(S(=O)(=O)C(F)F)cc1. The van der Waals surface area contributed by atoms with Gasteiger partial charge in [-0.3, -0.25) is 9.59 Å². The molecule has 3 aromatic rings. The predicted octanol–water partition coefficient (Wildman–Crippen LogP) is 3.59. The fraction of sp³-hybridized carbons (Fsp3) is 0.167. The van der Waals surface area contributed by atoms with Gasteiger partial charge in [0.15, 0.2) is 6.61 Å². The summed E-state index contributed by atoms with van der Waals surface area (Å²) in [6.45, 7) is -0.558. The summed E-state index contributed by atoms with van der Waals surface area (Å²) in [4.78, 5) is 28.6. The van der Waals surface area contributed by atoms with Crippen LogP contribution < -0.4 is 5.32 Å². The average Bonchev–Trinajstić information content (AvgIpc) is 3.38. The minimum Gasteiger partial charge on any atom is -0.455 e. The van der Waals surface area contributed by atoms with Crippen molar-refractivity contribution in [2.45, 2.75) is 17.1 Å². The Balaban J connectivity index is 1.48. The average molecular weight is 473 g/mol. The largest absolute Gasteiger partial charge is 0.455 e. The van der Waals surface area contributed by atoms with Gasteiger partial charge < -0.3 is 10.1 Å². The molecule has 3 rings (SSSR count). The summed E-state index contributed by atoms with van der Waals surface area (Å²) in [5, 5.41) is 6.84. The molecule has 0 fully saturated rings. The summed E-state index contributed by atoms with van der Waals surface area (Å²) in [6, 6.07) is 8.06. The Hall–Kier alpha value is -2.70. The number of sulfone groups is 1. The van der Waals surface area contributed by atoms with Gasteiger partial charge in [0.05, 0.1) is 21.9 Å². The second kappa shape index (κ2) is 9.41. The Kier molecular flexibility index (Phi) is 6.90. The fourth-order valence-corrected chi connectivity index (χ4v) is 4.63. The number of benzene rings is 1. The number of aromatic nitrogens is 1. The number of ether oxygens (including phenoxy) is 1. The van der Waals surface area contributed by atoms with E-state index in [9.17, 15) is 26.8 Å². The first-order chi connectivity index (χ1) is 14.3. The van der Waals surface area contributed by atoms with Crippen LogP contribution in [-0.4, -0.2) is 37.6 Å². The molecule has 0 spiro atoms. The van der Waals surface area contributed by atoms with Crippen molar-refractivity contribution in [3.63, 3.8) is 0 Å². The van der Waals surface area contributed by atoms with Crippen molar-refractivity contribution in [3.05, 3.63) is 52.9 Å². The van der Waals surface area contributed by atoms with E-state index in [1.807, 2.05) is 17.5 Å². The van der Waals surface area contributed by atoms with Crippen molar-refractivity contribution in [2.75, 3.05) is 11.9 Å². The molecule has 2 aromatic heterocycles. The molecule has 0 aliphatic heterocycles. The van der Waals surface area contributed by atoms with Gasteiger partial charge in [-0.1, -0.05) is 6.07 Å². The van der Waals surface area contributed by atoms with E-state index in [0.29, 0.717) is 5.69 Å². The van der Waals surface area contributed by atoms with E-state index in [2.05, 4.69) is 10.3 Å². The predicted molar refractivity (Wildman–Crippen MR) is 108 cm³/mol. The van der Waals surface area contributed by atoms with E-state index >= 15 is 0 Å². The number of anilines is 1. The molecule has 2 heterocycles. The molecule has 1 amide bonds. The lowest BCUT2D eigenvalue weighted by atomic mass is 10.3. The van der Waals surface area contributed by atoms with Crippen LogP contribution in [0.1, 0.15) is 5.69 Å². The van der Waals surface area contributed by atoms with Crippen LogP contribution in [0.25, 0.3) is 9.88 Å². The third-order valence-corrected chi connectivity index (χ3v) is 7.00. The number of nitrogens with zero attached hydrogens (tertiary/aromatic N) is 1. The molecular weight excluding hydrogens is 458 g/mol. The zero-order valence-corrected chi connectivity index (χ0v) is 17.5. The first-order valence-electron chi connectivity index (χ1n) is 8.31. The number of rotatable bonds is 8. The van der Waals surface area contributed by atoms with Crippen molar-refractivity contribution >= 4 is 50.1 Å². The molecule has 0 atom stereocenters. The van der Waals surface area contributed by atoms with Gasteiger partial charge in [0.25, 0.3) is 5.91 Å². The molecular formula is C18H14F2N2O5S3. The number of halogens is 2. The highest BCUT2D eigenvalue weighted by molar-refractivity contribution is 7.91. The lowest BCUT2D eigenvalue weighted by Gasteiger charge is -2.07. The van der Waals surface area contributed by atoms with E-state index in [0.717, 1.165) is 34.2 Å². The molecule has 0 saturated heterocycles. The van der Waals surface area contributed by atoms with E-state index in [1.54, 1.807) is 5.38 Å². The van der Waals surface area contributed by atoms with Crippen LogP contribution in [0, 0.1) is 0 Å². The Morgan fingerprint density at radius 1 is 1.13 bits per heavy atom. The number of hydrogen-bond donors (Lipinski definition) is 1. The zero-order chi connectivity index (χ0) is 21.7. The van der Waals surface area contributed by atoms with Crippen LogP contribution in [0.15, 0.2) is 52.1 Å². The number of carbonyl (C=O) groups excluding carboxylic acids is 2. The molecule has 1 aromatic carbocycles. The van der Waals surface area contributed by atoms with Crippen LogP contribution in [0.2, 0.25) is 0 Å². The van der Waals surface area contributed by atoms with Gasteiger partial charge in [0.2, 0.25) is 9.84 Å². The molecule has 0 bridgehead atoms. The van der Waals surface area contributed by atoms with E-state index < -0.39 is 39.0 Å². The first-order valence-corrected chi connectivity index (χ1v) is 11.6. The number of hydrogen-bond acceptors (Lipinski definition) is 8. The van der Waals surface area contributed by atoms with Crippen LogP contribution in [0.4, 0.5) is 14.5 Å². The molecule has 1 N–H and O–H groups in total. The molecule has 0 aliphatic rings. The molecule has 0 radical (unpaired) electrons. The monoisotopic (exact) mass is 472 g/mol. The highest BCUT2D eigenvalue weighted by Gasteiger charge is 2.26. The molecule has 12 heteroatoms. The van der Waals surface area contributed by atoms with Gasteiger partial charge in [-0.25, -0.2) is 13.4 Å². The van der Waals surface area contributed by atoms with E-state index in [1.165, 1.54) is 22.7 Å². The van der Waals surface area contributed by atoms with Gasteiger partial charge >= 0.3 is 11.7 Å². The first kappa shape index (κ1) is 22.0. The van der Waals surface area contributed by atoms with Gasteiger partial charge in [0.1, 0.15) is 5.01 Å². The standard InChI is InChI=1S/C18H14F2N2O5S3/c19-18(20)30(25,26)13-5-3-11(4-6-13)21-15(23)9-27-16(24)8-12-10-29-17(22-12)14-2-1-7-28-14/h1-7,10,18H,8-9H2,(H,21,23). The summed E-state index contributed by atoms with van der Waals surface area (Å²) in [6.07, 6.45) is -0.0880. The summed E-state index contributed by atoms with van der Waals surface area (Å²) in [7, 11) is -4.71. The zero-order valence-electron chi connectivity index (χ0n) is 15.1. The number of thiazole rings is 1. The second-order valence-electron chi connectivity index (χ2n) is 5.84. The number of esters is 1. The maximum atomic E-state index is 12.5. The molecule has 0 aliphatic carbocycles. The van der Waals surface area contributed by atoms with Crippen molar-refractivity contribution in [1.82, 2.24) is 4.98 Å². The Labute approximate surface area is 178 Å². The van der Waals surface area contributed by atoms with Crippen LogP contribution in [-0.2, 0) is 30.6 Å². The molecule has 7 nitrogen and oxygen atoms in total. The smallest absolute Gasteiger partial charge is 0.341 e. The Morgan fingerprint density at radius 2 is 1.87 bits per heavy atom. The van der Waals surface area contributed by atoms with Gasteiger partial charge in [0, 0.05) is 11.1 Å². The topological polar surface area (TPSA) is 102 Å². The van der Waals surface area contributed by atoms with Gasteiger partial charge in [-0.15, -0.1) is 22.7 Å². The normalized spacial score (nSPS) is 11.4. The molecule has 30 heavy (non-hydrogen) atoms. The van der Waals surface area contributed by atoms with Crippen molar-refractivity contribution in [3.8, 4) is 9.88 Å². The highest BCUT2D eigenvalue weighted by atomic mass is 32.2. The quantitative estimate of drug-likeness (QED) is 0.503. The molecule has 0 unspecified atom stereocenters. The number of alkyl halides is 2. The number of thiophene rings is 1. The second-order valence-corrected chi connectivity index (χ2v) is 9.56. The number of nitrogens with one attached hydrogen (secondary N) is 1. The highest BCUT2D eigenvalue weighted by Crippen LogP contribution is 2.28. The van der Waals surface area contributed by atoms with Gasteiger partial charge in [-0.2, -0.15) is 8.78 Å². The van der Waals surface area contributed by atoms with Crippen molar-refractivity contribution in [1.29, 1.82) is 0 Å². The fourth-order valence-electron chi connectivity index (χ4n) is 2.27. The Morgan fingerprint density at radius 3 is 2.50 bits per heavy atom. The third kappa shape index (κ3) is 5.46. The van der Waals surface area contributed by atoms with Crippen LogP contribution in [0.3, 0.4) is 0 Å². The van der Waals surface area contributed by atoms with E-state index in [4.69, 9.17) is 4.74 Å². The summed E-state index contributed by atoms with van der Waals surface area (Å²) < 4.78 is 52.6. The number of carbonyl (C=O) groups is 2. The summed E-state index contributed by atoms with van der Waals surface area (Å²) in [5.41, 5.74) is 0.703. The molecule has 0 saturated carbocycles. The summed E-state index contributed by atoms with van der Waals surface area (Å²) in [5.74, 6) is -4.83. The summed E-state index contributed by atoms with van der Waals surface area (Å²) >= 11 is 2.94. The van der Waals surface area contributed by atoms with Crippen molar-refractivity contribution < 1.29 is 31.5 Å². The van der Waals surface area contributed by atoms with E-state index in [-0.39, 0.29) is 12.1 Å². The third-order valence-electron chi connectivity index (χ3n) is 3.67.